The standard InChI is InChI=1S/C91H74N10/c1-63(70-29-8-2-9-30-70)93-85(72-31-10-3-11-32-72)94-84(92)71-51-41-64(42-52-71)23-20-24-67-47-57-79(58-48-67)101-82-59-49-68(27-21-25-65-43-53-77(54-44-65)90-97-86(73-33-12-4-13-34-73)95-87(98-90)74-35-14-5-15-36-74)61-80(82)81-62-69(50-60-83(81)101)28-22-26-66-45-55-78(56-46-66)91-99-88(75-37-16-6-17-38-75)96-89(100-91)76-39-18-7-19-40-76/h2-19,29-62H,1,20-28H2,(H2,92,93,94). The molecular weight excluding hydrogens is 1230 g/mol. The van der Waals surface area contributed by atoms with Crippen LogP contribution in [0.2, 0.25) is 0 Å². The third-order valence-electron chi connectivity index (χ3n) is 18.6. The van der Waals surface area contributed by atoms with Crippen molar-refractivity contribution in [2.75, 3.05) is 0 Å². The van der Waals surface area contributed by atoms with Crippen molar-refractivity contribution in [3.63, 3.8) is 0 Å². The molecule has 0 unspecified atom stereocenters. The molecule has 0 spiro atoms. The smallest absolute Gasteiger partial charge is 0.164 e. The summed E-state index contributed by atoms with van der Waals surface area (Å²) in [5.74, 6) is 4.86. The summed E-state index contributed by atoms with van der Waals surface area (Å²) in [6.45, 7) is 4.24. The maximum Gasteiger partial charge on any atom is 0.164 e. The van der Waals surface area contributed by atoms with Gasteiger partial charge in [0.15, 0.2) is 40.8 Å². The highest BCUT2D eigenvalue weighted by atomic mass is 15.0. The first-order valence-electron chi connectivity index (χ1n) is 34.7. The van der Waals surface area contributed by atoms with E-state index in [1.165, 1.54) is 55.2 Å². The number of nitrogens with two attached hydrogens (primary N) is 1. The molecule has 3 heterocycles. The molecule has 0 aliphatic heterocycles. The molecule has 15 rings (SSSR count). The van der Waals surface area contributed by atoms with Crippen LogP contribution in [0.25, 0.3) is 102 Å². The van der Waals surface area contributed by atoms with Crippen molar-refractivity contribution in [2.24, 2.45) is 15.7 Å². The number of amidine groups is 2. The highest BCUT2D eigenvalue weighted by molar-refractivity contribution is 6.12. The molecular formula is C91H74N10. The predicted molar refractivity (Wildman–Crippen MR) is 415 cm³/mol. The lowest BCUT2D eigenvalue weighted by atomic mass is 9.99. The van der Waals surface area contributed by atoms with Gasteiger partial charge in [0.05, 0.1) is 16.7 Å². The van der Waals surface area contributed by atoms with E-state index in [2.05, 4.69) is 145 Å². The number of hydrogen-bond donors (Lipinski definition) is 1. The van der Waals surface area contributed by atoms with Gasteiger partial charge in [0.1, 0.15) is 5.84 Å². The zero-order valence-electron chi connectivity index (χ0n) is 56.2. The van der Waals surface area contributed by atoms with Gasteiger partial charge in [-0.2, -0.15) is 0 Å². The first kappa shape index (κ1) is 64.3. The molecule has 12 aromatic carbocycles. The summed E-state index contributed by atoms with van der Waals surface area (Å²) in [5.41, 5.74) is 27.0. The molecule has 0 saturated heterocycles. The van der Waals surface area contributed by atoms with Gasteiger partial charge in [-0.15, -0.1) is 0 Å². The molecule has 3 aromatic heterocycles. The number of benzene rings is 12. The van der Waals surface area contributed by atoms with Crippen LogP contribution >= 0.6 is 0 Å². The Labute approximate surface area is 589 Å². The summed E-state index contributed by atoms with van der Waals surface area (Å²) in [6, 6.07) is 110. The Hall–Kier alpha value is -12.7. The lowest BCUT2D eigenvalue weighted by Crippen LogP contribution is -2.16. The van der Waals surface area contributed by atoms with E-state index in [9.17, 15) is 0 Å². The second-order valence-electron chi connectivity index (χ2n) is 25.5. The van der Waals surface area contributed by atoms with Crippen LogP contribution in [0.4, 0.5) is 0 Å². The number of fused-ring (bicyclic) bond motifs is 3. The largest absolute Gasteiger partial charge is 0.383 e. The lowest BCUT2D eigenvalue weighted by molar-refractivity contribution is 0.820. The Morgan fingerprint density at radius 3 is 0.931 bits per heavy atom. The third kappa shape index (κ3) is 15.4. The molecule has 0 bridgehead atoms. The fraction of sp³-hybridized carbons (Fsp3) is 0.0989. The number of hydrogen-bond acceptors (Lipinski definition) is 7. The highest BCUT2D eigenvalue weighted by Gasteiger charge is 2.18. The molecule has 0 aliphatic carbocycles. The first-order valence-corrected chi connectivity index (χ1v) is 34.7. The zero-order chi connectivity index (χ0) is 68.1. The molecule has 10 nitrogen and oxygen atoms in total. The van der Waals surface area contributed by atoms with Crippen LogP contribution in [0.15, 0.2) is 332 Å². The Morgan fingerprint density at radius 1 is 0.287 bits per heavy atom. The van der Waals surface area contributed by atoms with Crippen LogP contribution in [-0.2, 0) is 38.5 Å². The van der Waals surface area contributed by atoms with E-state index >= 15 is 0 Å². The van der Waals surface area contributed by atoms with Gasteiger partial charge in [-0.25, -0.2) is 39.9 Å². The average molecular weight is 1310 g/mol. The summed E-state index contributed by atoms with van der Waals surface area (Å²) in [7, 11) is 0. The summed E-state index contributed by atoms with van der Waals surface area (Å²) >= 11 is 0. The minimum absolute atomic E-state index is 0.401. The summed E-state index contributed by atoms with van der Waals surface area (Å²) in [5, 5.41) is 2.54. The maximum absolute atomic E-state index is 6.69. The molecule has 0 fully saturated rings. The molecule has 2 N–H and O–H groups in total. The molecule has 101 heavy (non-hydrogen) atoms. The van der Waals surface area contributed by atoms with Gasteiger partial charge in [0.25, 0.3) is 0 Å². The first-order chi connectivity index (χ1) is 49.8. The summed E-state index contributed by atoms with van der Waals surface area (Å²) in [4.78, 5) is 39.4. The van der Waals surface area contributed by atoms with Gasteiger partial charge in [-0.3, -0.25) is 0 Å². The van der Waals surface area contributed by atoms with Crippen LogP contribution in [-0.4, -0.2) is 46.1 Å². The van der Waals surface area contributed by atoms with E-state index in [1.54, 1.807) is 0 Å². The van der Waals surface area contributed by atoms with E-state index < -0.39 is 0 Å². The molecule has 0 aliphatic rings. The van der Waals surface area contributed by atoms with Crippen LogP contribution < -0.4 is 5.73 Å². The molecule has 488 valence electrons. The topological polar surface area (TPSA) is 133 Å². The fourth-order valence-electron chi connectivity index (χ4n) is 13.1. The minimum atomic E-state index is 0.401. The number of aliphatic imine (C=N–C) groups is 2. The SMILES string of the molecule is C=C(/N=C(\N=C(/N)c1ccc(CCCc2ccc(-n3c4ccc(CCCc5ccc(-c6nc(-c7ccccc7)nc(-c7ccccc7)n6)cc5)cc4c4cc(CCCc5ccc(-c6nc(-c7ccccc7)nc(-c7ccccc7)n6)cc5)ccc43)cc2)cc1)c1ccccc1)c1ccccc1. The van der Waals surface area contributed by atoms with Gasteiger partial charge in [0.2, 0.25) is 0 Å². The molecule has 0 saturated carbocycles. The van der Waals surface area contributed by atoms with Gasteiger partial charge < -0.3 is 10.3 Å². The van der Waals surface area contributed by atoms with E-state index in [1.807, 2.05) is 182 Å². The molecule has 0 amide bonds. The van der Waals surface area contributed by atoms with Crippen molar-refractivity contribution in [3.05, 3.63) is 372 Å². The molecule has 15 aromatic rings. The summed E-state index contributed by atoms with van der Waals surface area (Å²) in [6.07, 6.45) is 8.69. The fourth-order valence-corrected chi connectivity index (χ4v) is 13.1. The van der Waals surface area contributed by atoms with E-state index in [-0.39, 0.29) is 0 Å². The van der Waals surface area contributed by atoms with Gasteiger partial charge >= 0.3 is 0 Å². The van der Waals surface area contributed by atoms with Crippen molar-refractivity contribution in [1.82, 2.24) is 34.5 Å². The normalized spacial score (nSPS) is 11.7. The van der Waals surface area contributed by atoms with Gasteiger partial charge in [-0.1, -0.05) is 286 Å². The van der Waals surface area contributed by atoms with E-state index in [4.69, 9.17) is 45.6 Å². The van der Waals surface area contributed by atoms with Crippen LogP contribution in [0.5, 0.6) is 0 Å². The predicted octanol–water partition coefficient (Wildman–Crippen LogP) is 20.5. The second-order valence-corrected chi connectivity index (χ2v) is 25.5. The Bertz CT molecular complexity index is 5040. The lowest BCUT2D eigenvalue weighted by Gasteiger charge is -2.11. The van der Waals surface area contributed by atoms with Crippen LogP contribution in [0.1, 0.15) is 69.3 Å². The van der Waals surface area contributed by atoms with Crippen molar-refractivity contribution in [3.8, 4) is 74.0 Å². The average Bonchev–Trinajstić information content (AvgIpc) is 1.59. The number of rotatable bonds is 23. The van der Waals surface area contributed by atoms with Crippen molar-refractivity contribution >= 4 is 39.2 Å². The second kappa shape index (κ2) is 30.4. The van der Waals surface area contributed by atoms with E-state index in [0.29, 0.717) is 52.3 Å². The van der Waals surface area contributed by atoms with Crippen molar-refractivity contribution in [1.29, 1.82) is 0 Å². The minimum Gasteiger partial charge on any atom is -0.383 e. The Morgan fingerprint density at radius 2 is 0.574 bits per heavy atom. The Balaban J connectivity index is 0.646. The molecule has 0 radical (unpaired) electrons. The Kier molecular flexibility index (Phi) is 19.4. The zero-order valence-corrected chi connectivity index (χ0v) is 56.2. The van der Waals surface area contributed by atoms with E-state index in [0.717, 1.165) is 114 Å². The molecule has 10 heteroatoms. The maximum atomic E-state index is 6.69. The van der Waals surface area contributed by atoms with Crippen molar-refractivity contribution < 1.29 is 0 Å². The highest BCUT2D eigenvalue weighted by Crippen LogP contribution is 2.36. The number of nitrogens with zero attached hydrogens (tertiary/aromatic N) is 9. The van der Waals surface area contributed by atoms with Gasteiger partial charge in [0, 0.05) is 61.0 Å². The number of aryl methyl sites for hydroxylation is 6. The van der Waals surface area contributed by atoms with Gasteiger partial charge in [-0.05, 0) is 133 Å². The monoisotopic (exact) mass is 1310 g/mol. The number of aromatic nitrogens is 7. The van der Waals surface area contributed by atoms with Crippen molar-refractivity contribution in [2.45, 2.75) is 57.8 Å². The summed E-state index contributed by atoms with van der Waals surface area (Å²) < 4.78 is 2.45. The quantitative estimate of drug-likeness (QED) is 0.0498. The molecule has 0 atom stereocenters. The van der Waals surface area contributed by atoms with Crippen LogP contribution in [0, 0.1) is 0 Å². The third-order valence-corrected chi connectivity index (χ3v) is 18.6. The van der Waals surface area contributed by atoms with Crippen LogP contribution in [0.3, 0.4) is 0 Å².